The number of halogens is 1. The summed E-state index contributed by atoms with van der Waals surface area (Å²) >= 11 is 3.44. The summed E-state index contributed by atoms with van der Waals surface area (Å²) in [5, 5.41) is 0. The second-order valence-electron chi connectivity index (χ2n) is 4.81. The van der Waals surface area contributed by atoms with Gasteiger partial charge in [0.15, 0.2) is 0 Å². The molecule has 1 atom stereocenters. The fourth-order valence-corrected chi connectivity index (χ4v) is 2.64. The Bertz CT molecular complexity index is 388. The number of hydrogen-bond donors (Lipinski definition) is 0. The average Bonchev–Trinajstić information content (AvgIpc) is 2.32. The lowest BCUT2D eigenvalue weighted by atomic mass is 9.94. The van der Waals surface area contributed by atoms with Gasteiger partial charge in [-0.05, 0) is 44.0 Å². The molecule has 17 heavy (non-hydrogen) atoms. The number of benzene rings is 1. The van der Waals surface area contributed by atoms with Crippen molar-refractivity contribution in [1.82, 2.24) is 4.90 Å². The number of nitrogens with zero attached hydrogens (tertiary/aromatic N) is 1. The van der Waals surface area contributed by atoms with Gasteiger partial charge in [-0.15, -0.1) is 0 Å². The molecule has 1 heterocycles. The summed E-state index contributed by atoms with van der Waals surface area (Å²) in [5.41, 5.74) is 1.32. The number of carbonyl (C=O) groups is 1. The molecule has 0 aliphatic carbocycles. The number of piperidine rings is 1. The van der Waals surface area contributed by atoms with Crippen molar-refractivity contribution in [2.75, 3.05) is 13.1 Å². The van der Waals surface area contributed by atoms with E-state index < -0.39 is 0 Å². The number of rotatable bonds is 3. The van der Waals surface area contributed by atoms with E-state index in [9.17, 15) is 4.79 Å². The molecule has 1 aromatic carbocycles. The Morgan fingerprint density at radius 1 is 1.41 bits per heavy atom. The Morgan fingerprint density at radius 3 is 2.76 bits per heavy atom. The topological polar surface area (TPSA) is 20.3 Å². The van der Waals surface area contributed by atoms with Crippen LogP contribution >= 0.6 is 15.9 Å². The van der Waals surface area contributed by atoms with Gasteiger partial charge in [0.1, 0.15) is 5.78 Å². The SMILES string of the molecule is CC(=O)C1CCCN(Cc2ccc(Br)cc2)C1. The molecule has 1 fully saturated rings. The number of Topliss-reactive ketones (excluding diaryl/α,β-unsaturated/α-hetero) is 1. The van der Waals surface area contributed by atoms with Crippen molar-refractivity contribution in [3.63, 3.8) is 0 Å². The van der Waals surface area contributed by atoms with Crippen molar-refractivity contribution in [1.29, 1.82) is 0 Å². The summed E-state index contributed by atoms with van der Waals surface area (Å²) in [7, 11) is 0. The molecule has 0 bridgehead atoms. The van der Waals surface area contributed by atoms with Crippen LogP contribution in [-0.2, 0) is 11.3 Å². The van der Waals surface area contributed by atoms with E-state index in [1.807, 2.05) is 0 Å². The van der Waals surface area contributed by atoms with Crippen LogP contribution in [0.4, 0.5) is 0 Å². The smallest absolute Gasteiger partial charge is 0.134 e. The quantitative estimate of drug-likeness (QED) is 0.853. The van der Waals surface area contributed by atoms with E-state index in [0.717, 1.165) is 36.9 Å². The van der Waals surface area contributed by atoms with Crippen LogP contribution in [0, 0.1) is 5.92 Å². The van der Waals surface area contributed by atoms with Crippen LogP contribution in [0.15, 0.2) is 28.7 Å². The van der Waals surface area contributed by atoms with Crippen LogP contribution < -0.4 is 0 Å². The van der Waals surface area contributed by atoms with Gasteiger partial charge in [0.2, 0.25) is 0 Å². The van der Waals surface area contributed by atoms with E-state index in [4.69, 9.17) is 0 Å². The van der Waals surface area contributed by atoms with Crippen LogP contribution in [0.1, 0.15) is 25.3 Å². The lowest BCUT2D eigenvalue weighted by Crippen LogP contribution is -2.37. The number of ketones is 1. The van der Waals surface area contributed by atoms with Crippen LogP contribution in [-0.4, -0.2) is 23.8 Å². The largest absolute Gasteiger partial charge is 0.300 e. The van der Waals surface area contributed by atoms with E-state index >= 15 is 0 Å². The molecule has 1 aliphatic heterocycles. The highest BCUT2D eigenvalue weighted by Crippen LogP contribution is 2.20. The maximum absolute atomic E-state index is 11.4. The van der Waals surface area contributed by atoms with Gasteiger partial charge in [-0.25, -0.2) is 0 Å². The lowest BCUT2D eigenvalue weighted by molar-refractivity contribution is -0.122. The molecule has 2 rings (SSSR count). The number of carbonyl (C=O) groups excluding carboxylic acids is 1. The predicted molar refractivity (Wildman–Crippen MR) is 72.8 cm³/mol. The maximum atomic E-state index is 11.4. The monoisotopic (exact) mass is 295 g/mol. The van der Waals surface area contributed by atoms with Crippen molar-refractivity contribution in [3.8, 4) is 0 Å². The van der Waals surface area contributed by atoms with Gasteiger partial charge < -0.3 is 0 Å². The van der Waals surface area contributed by atoms with Gasteiger partial charge in [0, 0.05) is 23.5 Å². The van der Waals surface area contributed by atoms with Crippen LogP contribution in [0.25, 0.3) is 0 Å². The molecule has 1 unspecified atom stereocenters. The van der Waals surface area contributed by atoms with E-state index in [1.54, 1.807) is 6.92 Å². The molecule has 0 saturated carbocycles. The maximum Gasteiger partial charge on any atom is 0.134 e. The zero-order valence-electron chi connectivity index (χ0n) is 10.2. The Hall–Kier alpha value is -0.670. The fraction of sp³-hybridized carbons (Fsp3) is 0.500. The molecule has 0 amide bonds. The molecule has 1 aliphatic rings. The Labute approximate surface area is 111 Å². The van der Waals surface area contributed by atoms with E-state index in [2.05, 4.69) is 45.1 Å². The van der Waals surface area contributed by atoms with Crippen LogP contribution in [0.3, 0.4) is 0 Å². The van der Waals surface area contributed by atoms with Crippen molar-refractivity contribution in [3.05, 3.63) is 34.3 Å². The molecule has 0 N–H and O–H groups in total. The summed E-state index contributed by atoms with van der Waals surface area (Å²) in [6.45, 7) is 4.70. The van der Waals surface area contributed by atoms with Crippen molar-refractivity contribution < 1.29 is 4.79 Å². The molecule has 2 nitrogen and oxygen atoms in total. The van der Waals surface area contributed by atoms with E-state index in [1.165, 1.54) is 5.56 Å². The van der Waals surface area contributed by atoms with E-state index in [0.29, 0.717) is 5.78 Å². The Balaban J connectivity index is 1.94. The van der Waals surface area contributed by atoms with Crippen molar-refractivity contribution in [2.24, 2.45) is 5.92 Å². The van der Waals surface area contributed by atoms with Gasteiger partial charge in [-0.2, -0.15) is 0 Å². The minimum Gasteiger partial charge on any atom is -0.300 e. The number of likely N-dealkylation sites (tertiary alicyclic amines) is 1. The minimum atomic E-state index is 0.249. The molecule has 1 aromatic rings. The van der Waals surface area contributed by atoms with Gasteiger partial charge in [0.05, 0.1) is 0 Å². The number of hydrogen-bond acceptors (Lipinski definition) is 2. The molecular formula is C14H18BrNO. The van der Waals surface area contributed by atoms with Gasteiger partial charge in [0.25, 0.3) is 0 Å². The third-order valence-electron chi connectivity index (χ3n) is 3.40. The Morgan fingerprint density at radius 2 is 2.12 bits per heavy atom. The first-order valence-electron chi connectivity index (χ1n) is 6.12. The molecule has 0 radical (unpaired) electrons. The normalized spacial score (nSPS) is 21.4. The van der Waals surface area contributed by atoms with Gasteiger partial charge in [-0.3, -0.25) is 9.69 Å². The first-order valence-corrected chi connectivity index (χ1v) is 6.91. The first-order chi connectivity index (χ1) is 8.15. The third kappa shape index (κ3) is 3.65. The molecule has 0 aromatic heterocycles. The summed E-state index contributed by atoms with van der Waals surface area (Å²) < 4.78 is 1.11. The van der Waals surface area contributed by atoms with Gasteiger partial charge >= 0.3 is 0 Å². The predicted octanol–water partition coefficient (Wildman–Crippen LogP) is 3.25. The highest BCUT2D eigenvalue weighted by Gasteiger charge is 2.22. The minimum absolute atomic E-state index is 0.249. The summed E-state index contributed by atoms with van der Waals surface area (Å²) in [4.78, 5) is 13.8. The second-order valence-corrected chi connectivity index (χ2v) is 5.73. The average molecular weight is 296 g/mol. The van der Waals surface area contributed by atoms with Crippen molar-refractivity contribution >= 4 is 21.7 Å². The van der Waals surface area contributed by atoms with Crippen LogP contribution in [0.5, 0.6) is 0 Å². The first kappa shape index (κ1) is 12.8. The van der Waals surface area contributed by atoms with Crippen LogP contribution in [0.2, 0.25) is 0 Å². The highest BCUT2D eigenvalue weighted by atomic mass is 79.9. The van der Waals surface area contributed by atoms with E-state index in [-0.39, 0.29) is 5.92 Å². The molecule has 1 saturated heterocycles. The standard InChI is InChI=1S/C14H18BrNO/c1-11(17)13-3-2-8-16(10-13)9-12-4-6-14(15)7-5-12/h4-7,13H,2-3,8-10H2,1H3. The Kier molecular flexibility index (Phi) is 4.35. The molecular weight excluding hydrogens is 278 g/mol. The lowest BCUT2D eigenvalue weighted by Gasteiger charge is -2.31. The molecule has 3 heteroatoms. The summed E-state index contributed by atoms with van der Waals surface area (Å²) in [5.74, 6) is 0.588. The zero-order chi connectivity index (χ0) is 12.3. The summed E-state index contributed by atoms with van der Waals surface area (Å²) in [6.07, 6.45) is 2.20. The molecule has 92 valence electrons. The molecule has 0 spiro atoms. The third-order valence-corrected chi connectivity index (χ3v) is 3.93. The highest BCUT2D eigenvalue weighted by molar-refractivity contribution is 9.10. The fourth-order valence-electron chi connectivity index (χ4n) is 2.38. The zero-order valence-corrected chi connectivity index (χ0v) is 11.7. The van der Waals surface area contributed by atoms with Gasteiger partial charge in [-0.1, -0.05) is 28.1 Å². The second kappa shape index (κ2) is 5.78. The summed E-state index contributed by atoms with van der Waals surface area (Å²) in [6, 6.07) is 8.42. The van der Waals surface area contributed by atoms with Crippen molar-refractivity contribution in [2.45, 2.75) is 26.3 Å².